The van der Waals surface area contributed by atoms with Gasteiger partial charge in [0, 0.05) is 11.3 Å². The normalized spacial score (nSPS) is 10.3. The van der Waals surface area contributed by atoms with E-state index in [9.17, 15) is 4.79 Å². The summed E-state index contributed by atoms with van der Waals surface area (Å²) in [6, 6.07) is 12.5. The largest absolute Gasteiger partial charge is 0.307 e. The molecule has 0 saturated carbocycles. The van der Waals surface area contributed by atoms with Crippen LogP contribution in [-0.4, -0.2) is 31.1 Å². The van der Waals surface area contributed by atoms with E-state index in [-0.39, 0.29) is 5.91 Å². The molecule has 3 aromatic rings. The van der Waals surface area contributed by atoms with E-state index in [1.54, 1.807) is 24.3 Å². The highest BCUT2D eigenvalue weighted by atomic mass is 16.1. The molecule has 104 valence electrons. The molecule has 7 heteroatoms. The van der Waals surface area contributed by atoms with Gasteiger partial charge in [-0.3, -0.25) is 4.79 Å². The Morgan fingerprint density at radius 2 is 2.05 bits per heavy atom. The summed E-state index contributed by atoms with van der Waals surface area (Å²) >= 11 is 0. The minimum atomic E-state index is -0.233. The van der Waals surface area contributed by atoms with Gasteiger partial charge in [-0.15, -0.1) is 5.10 Å². The third kappa shape index (κ3) is 2.92. The number of hydrogen-bond donors (Lipinski definition) is 1. The van der Waals surface area contributed by atoms with Crippen molar-refractivity contribution < 1.29 is 4.79 Å². The topological polar surface area (TPSA) is 85.6 Å². The summed E-state index contributed by atoms with van der Waals surface area (Å²) < 4.78 is 1.49. The van der Waals surface area contributed by atoms with Crippen LogP contribution in [-0.2, 0) is 0 Å². The maximum absolute atomic E-state index is 12.2. The number of hydrogen-bond acceptors (Lipinski definition) is 5. The number of nitrogens with one attached hydrogen (secondary N) is 1. The molecule has 2 aromatic heterocycles. The molecule has 0 fully saturated rings. The van der Waals surface area contributed by atoms with Crippen molar-refractivity contribution in [3.8, 4) is 5.69 Å². The van der Waals surface area contributed by atoms with Crippen molar-refractivity contribution in [1.29, 1.82) is 0 Å². The van der Waals surface area contributed by atoms with E-state index in [2.05, 4.69) is 25.8 Å². The van der Waals surface area contributed by atoms with Gasteiger partial charge in [-0.05, 0) is 47.7 Å². The number of pyridine rings is 1. The first-order valence-corrected chi connectivity index (χ1v) is 6.31. The van der Waals surface area contributed by atoms with Crippen molar-refractivity contribution in [3.63, 3.8) is 0 Å². The van der Waals surface area contributed by atoms with Crippen LogP contribution in [0.2, 0.25) is 0 Å². The molecule has 1 N–H and O–H groups in total. The fourth-order valence-corrected chi connectivity index (χ4v) is 1.87. The molecule has 21 heavy (non-hydrogen) atoms. The molecule has 0 radical (unpaired) electrons. The van der Waals surface area contributed by atoms with Crippen LogP contribution in [0.15, 0.2) is 48.8 Å². The first-order valence-electron chi connectivity index (χ1n) is 6.31. The maximum atomic E-state index is 12.2. The molecule has 0 aliphatic heterocycles. The molecular weight excluding hydrogens is 268 g/mol. The highest BCUT2D eigenvalue weighted by Gasteiger charge is 2.08. The van der Waals surface area contributed by atoms with E-state index in [0.717, 1.165) is 5.69 Å². The lowest BCUT2D eigenvalue weighted by Crippen LogP contribution is -2.13. The molecule has 1 aromatic carbocycles. The number of nitrogens with zero attached hydrogens (tertiary/aromatic N) is 5. The fourth-order valence-electron chi connectivity index (χ4n) is 1.87. The van der Waals surface area contributed by atoms with Crippen LogP contribution in [0.3, 0.4) is 0 Å². The summed E-state index contributed by atoms with van der Waals surface area (Å²) in [6.07, 6.45) is 1.47. The van der Waals surface area contributed by atoms with Crippen molar-refractivity contribution in [2.24, 2.45) is 0 Å². The minimum absolute atomic E-state index is 0.233. The second-order valence-corrected chi connectivity index (χ2v) is 4.42. The number of aryl methyl sites for hydroxylation is 1. The Kier molecular flexibility index (Phi) is 3.38. The number of rotatable bonds is 3. The fraction of sp³-hybridized carbons (Fsp3) is 0.0714. The van der Waals surface area contributed by atoms with Crippen molar-refractivity contribution in [3.05, 3.63) is 60.0 Å². The van der Waals surface area contributed by atoms with E-state index < -0.39 is 0 Å². The molecule has 0 unspecified atom stereocenters. The van der Waals surface area contributed by atoms with E-state index in [1.807, 2.05) is 25.1 Å². The quantitative estimate of drug-likeness (QED) is 0.788. The zero-order valence-electron chi connectivity index (χ0n) is 11.3. The molecule has 2 heterocycles. The lowest BCUT2D eigenvalue weighted by atomic mass is 10.2. The van der Waals surface area contributed by atoms with Gasteiger partial charge in [0.2, 0.25) is 0 Å². The van der Waals surface area contributed by atoms with Crippen LogP contribution >= 0.6 is 0 Å². The summed E-state index contributed by atoms with van der Waals surface area (Å²) in [6.45, 7) is 1.87. The molecule has 0 aliphatic carbocycles. The van der Waals surface area contributed by atoms with Crippen molar-refractivity contribution in [1.82, 2.24) is 25.2 Å². The van der Waals surface area contributed by atoms with Crippen LogP contribution < -0.4 is 5.32 Å². The first-order chi connectivity index (χ1) is 10.2. The molecule has 0 spiro atoms. The zero-order valence-corrected chi connectivity index (χ0v) is 11.3. The van der Waals surface area contributed by atoms with Crippen molar-refractivity contribution in [2.45, 2.75) is 6.92 Å². The zero-order chi connectivity index (χ0) is 14.7. The highest BCUT2D eigenvalue weighted by Crippen LogP contribution is 2.11. The average molecular weight is 280 g/mol. The summed E-state index contributed by atoms with van der Waals surface area (Å²) in [5, 5.41) is 13.7. The van der Waals surface area contributed by atoms with E-state index in [0.29, 0.717) is 17.1 Å². The summed E-state index contributed by atoms with van der Waals surface area (Å²) in [5.41, 5.74) is 2.06. The van der Waals surface area contributed by atoms with E-state index >= 15 is 0 Å². The van der Waals surface area contributed by atoms with E-state index in [1.165, 1.54) is 11.0 Å². The minimum Gasteiger partial charge on any atom is -0.307 e. The lowest BCUT2D eigenvalue weighted by molar-refractivity contribution is 0.102. The van der Waals surface area contributed by atoms with Crippen molar-refractivity contribution >= 4 is 11.7 Å². The van der Waals surface area contributed by atoms with Crippen LogP contribution in [0.25, 0.3) is 5.69 Å². The molecule has 3 rings (SSSR count). The molecule has 0 bridgehead atoms. The Labute approximate surface area is 120 Å². The third-order valence-corrected chi connectivity index (χ3v) is 2.85. The number of tetrazole rings is 1. The SMILES string of the molecule is Cc1cccc(NC(=O)c2cccc(-n3cnnn3)c2)n1. The Balaban J connectivity index is 1.83. The van der Waals surface area contributed by atoms with Gasteiger partial charge in [-0.1, -0.05) is 12.1 Å². The van der Waals surface area contributed by atoms with Crippen LogP contribution in [0.5, 0.6) is 0 Å². The predicted molar refractivity (Wildman–Crippen MR) is 76.1 cm³/mol. The van der Waals surface area contributed by atoms with Gasteiger partial charge >= 0.3 is 0 Å². The average Bonchev–Trinajstić information content (AvgIpc) is 3.02. The Morgan fingerprint density at radius 1 is 1.19 bits per heavy atom. The lowest BCUT2D eigenvalue weighted by Gasteiger charge is -2.06. The van der Waals surface area contributed by atoms with Gasteiger partial charge in [0.25, 0.3) is 5.91 Å². The number of anilines is 1. The monoisotopic (exact) mass is 280 g/mol. The van der Waals surface area contributed by atoms with Gasteiger partial charge in [-0.25, -0.2) is 9.67 Å². The Morgan fingerprint density at radius 3 is 2.81 bits per heavy atom. The third-order valence-electron chi connectivity index (χ3n) is 2.85. The van der Waals surface area contributed by atoms with Gasteiger partial charge < -0.3 is 5.32 Å². The summed E-state index contributed by atoms with van der Waals surface area (Å²) in [4.78, 5) is 16.5. The smallest absolute Gasteiger partial charge is 0.256 e. The number of benzene rings is 1. The Hall–Kier alpha value is -3.09. The second kappa shape index (κ2) is 5.49. The van der Waals surface area contributed by atoms with Crippen LogP contribution in [0, 0.1) is 6.92 Å². The van der Waals surface area contributed by atoms with Crippen LogP contribution in [0.4, 0.5) is 5.82 Å². The number of carbonyl (C=O) groups is 1. The second-order valence-electron chi connectivity index (χ2n) is 4.42. The molecular formula is C14H12N6O. The molecule has 0 aliphatic rings. The van der Waals surface area contributed by atoms with E-state index in [4.69, 9.17) is 0 Å². The van der Waals surface area contributed by atoms with Crippen LogP contribution in [0.1, 0.15) is 16.1 Å². The van der Waals surface area contributed by atoms with Gasteiger partial charge in [-0.2, -0.15) is 0 Å². The van der Waals surface area contributed by atoms with Gasteiger partial charge in [0.1, 0.15) is 12.1 Å². The highest BCUT2D eigenvalue weighted by molar-refractivity contribution is 6.04. The predicted octanol–water partition coefficient (Wildman–Crippen LogP) is 1.62. The molecule has 1 amide bonds. The number of aromatic nitrogens is 5. The number of carbonyl (C=O) groups excluding carboxylic acids is 1. The molecule has 7 nitrogen and oxygen atoms in total. The number of amides is 1. The molecule has 0 atom stereocenters. The molecule has 0 saturated heterocycles. The van der Waals surface area contributed by atoms with Crippen molar-refractivity contribution in [2.75, 3.05) is 5.32 Å². The summed E-state index contributed by atoms with van der Waals surface area (Å²) in [5.74, 6) is 0.288. The Bertz CT molecular complexity index is 769. The summed E-state index contributed by atoms with van der Waals surface area (Å²) in [7, 11) is 0. The van der Waals surface area contributed by atoms with Gasteiger partial charge in [0.15, 0.2) is 0 Å². The first kappa shape index (κ1) is 12.9. The standard InChI is InChI=1S/C14H12N6O/c1-10-4-2-7-13(16-10)17-14(21)11-5-3-6-12(8-11)20-9-15-18-19-20/h2-9H,1H3,(H,16,17,21). The van der Waals surface area contributed by atoms with Gasteiger partial charge in [0.05, 0.1) is 5.69 Å². The maximum Gasteiger partial charge on any atom is 0.256 e.